The maximum absolute atomic E-state index is 12.0. The van der Waals surface area contributed by atoms with Gasteiger partial charge in [-0.15, -0.1) is 0 Å². The standard InChI is InChI=1S/C15H23N3O2/c16-13-6-8-18(9-7-13)10-15(20)17-14(11-19)12-4-2-1-3-5-12/h1-5,13-14,19H,6-11,16H2,(H,17,20)/t14-/m1/s1. The predicted molar refractivity (Wildman–Crippen MR) is 78.1 cm³/mol. The second kappa shape index (κ2) is 7.38. The molecule has 1 aromatic rings. The van der Waals surface area contributed by atoms with E-state index in [4.69, 9.17) is 5.73 Å². The number of amides is 1. The van der Waals surface area contributed by atoms with Crippen molar-refractivity contribution < 1.29 is 9.90 Å². The molecular weight excluding hydrogens is 254 g/mol. The number of aliphatic hydroxyl groups is 1. The zero-order valence-electron chi connectivity index (χ0n) is 11.7. The van der Waals surface area contributed by atoms with Gasteiger partial charge in [-0.3, -0.25) is 9.69 Å². The SMILES string of the molecule is NC1CCN(CC(=O)N[C@H](CO)c2ccccc2)CC1. The molecule has 0 aliphatic carbocycles. The molecule has 5 heteroatoms. The van der Waals surface area contributed by atoms with Crippen molar-refractivity contribution in [2.45, 2.75) is 24.9 Å². The molecule has 1 aliphatic heterocycles. The zero-order chi connectivity index (χ0) is 14.4. The summed E-state index contributed by atoms with van der Waals surface area (Å²) in [7, 11) is 0. The molecule has 0 bridgehead atoms. The van der Waals surface area contributed by atoms with Crippen molar-refractivity contribution in [1.82, 2.24) is 10.2 Å². The van der Waals surface area contributed by atoms with E-state index in [0.29, 0.717) is 6.54 Å². The zero-order valence-corrected chi connectivity index (χ0v) is 11.7. The van der Waals surface area contributed by atoms with E-state index in [9.17, 15) is 9.90 Å². The predicted octanol–water partition coefficient (Wildman–Crippen LogP) is 0.259. The molecule has 0 spiro atoms. The Labute approximate surface area is 119 Å². The van der Waals surface area contributed by atoms with Crippen molar-refractivity contribution in [2.24, 2.45) is 5.73 Å². The van der Waals surface area contributed by atoms with Crippen LogP contribution in [0, 0.1) is 0 Å². The first-order chi connectivity index (χ1) is 9.69. The van der Waals surface area contributed by atoms with Crippen LogP contribution in [0.15, 0.2) is 30.3 Å². The summed E-state index contributed by atoms with van der Waals surface area (Å²) < 4.78 is 0. The van der Waals surface area contributed by atoms with Gasteiger partial charge in [0.15, 0.2) is 0 Å². The molecule has 0 unspecified atom stereocenters. The first-order valence-electron chi connectivity index (χ1n) is 7.12. The largest absolute Gasteiger partial charge is 0.394 e. The fourth-order valence-electron chi connectivity index (χ4n) is 2.47. The molecule has 20 heavy (non-hydrogen) atoms. The van der Waals surface area contributed by atoms with Crippen molar-refractivity contribution >= 4 is 5.91 Å². The third-order valence-electron chi connectivity index (χ3n) is 3.72. The summed E-state index contributed by atoms with van der Waals surface area (Å²) in [5.41, 5.74) is 6.77. The minimum Gasteiger partial charge on any atom is -0.394 e. The first kappa shape index (κ1) is 15.0. The molecule has 1 fully saturated rings. The Balaban J connectivity index is 1.84. The second-order valence-electron chi connectivity index (χ2n) is 5.33. The van der Waals surface area contributed by atoms with Crippen molar-refractivity contribution in [3.05, 3.63) is 35.9 Å². The second-order valence-corrected chi connectivity index (χ2v) is 5.33. The van der Waals surface area contributed by atoms with Gasteiger partial charge in [-0.2, -0.15) is 0 Å². The number of nitrogens with two attached hydrogens (primary N) is 1. The third kappa shape index (κ3) is 4.30. The monoisotopic (exact) mass is 277 g/mol. The van der Waals surface area contributed by atoms with Gasteiger partial charge in [0, 0.05) is 19.1 Å². The number of nitrogens with zero attached hydrogens (tertiary/aromatic N) is 1. The van der Waals surface area contributed by atoms with Gasteiger partial charge >= 0.3 is 0 Å². The summed E-state index contributed by atoms with van der Waals surface area (Å²) in [4.78, 5) is 14.1. The Morgan fingerprint density at radius 2 is 2.00 bits per heavy atom. The molecule has 5 nitrogen and oxygen atoms in total. The summed E-state index contributed by atoms with van der Waals surface area (Å²) in [6, 6.07) is 9.45. The summed E-state index contributed by atoms with van der Waals surface area (Å²) >= 11 is 0. The number of carbonyl (C=O) groups is 1. The van der Waals surface area contributed by atoms with E-state index < -0.39 is 0 Å². The molecule has 1 aromatic carbocycles. The summed E-state index contributed by atoms with van der Waals surface area (Å²) in [6.07, 6.45) is 1.88. The Morgan fingerprint density at radius 1 is 1.35 bits per heavy atom. The average Bonchev–Trinajstić information content (AvgIpc) is 2.48. The number of aliphatic hydroxyl groups excluding tert-OH is 1. The van der Waals surface area contributed by atoms with Gasteiger partial charge < -0.3 is 16.2 Å². The molecule has 110 valence electrons. The molecule has 1 atom stereocenters. The van der Waals surface area contributed by atoms with E-state index in [1.165, 1.54) is 0 Å². The molecule has 1 aliphatic rings. The van der Waals surface area contributed by atoms with Crippen LogP contribution in [-0.4, -0.2) is 48.2 Å². The highest BCUT2D eigenvalue weighted by Gasteiger charge is 2.20. The number of likely N-dealkylation sites (tertiary alicyclic amines) is 1. The third-order valence-corrected chi connectivity index (χ3v) is 3.72. The van der Waals surface area contributed by atoms with Crippen LogP contribution in [0.1, 0.15) is 24.4 Å². The molecule has 0 saturated carbocycles. The lowest BCUT2D eigenvalue weighted by molar-refractivity contribution is -0.123. The van der Waals surface area contributed by atoms with E-state index in [1.54, 1.807) is 0 Å². The Morgan fingerprint density at radius 3 is 2.60 bits per heavy atom. The van der Waals surface area contributed by atoms with Gasteiger partial charge in [0.05, 0.1) is 19.2 Å². The molecule has 1 amide bonds. The first-order valence-corrected chi connectivity index (χ1v) is 7.12. The van der Waals surface area contributed by atoms with E-state index in [-0.39, 0.29) is 24.6 Å². The summed E-state index contributed by atoms with van der Waals surface area (Å²) in [5.74, 6) is -0.0524. The normalized spacial score (nSPS) is 18.7. The van der Waals surface area contributed by atoms with Gasteiger partial charge in [-0.1, -0.05) is 30.3 Å². The van der Waals surface area contributed by atoms with Crippen LogP contribution in [0.5, 0.6) is 0 Å². The van der Waals surface area contributed by atoms with Gasteiger partial charge in [0.2, 0.25) is 5.91 Å². The van der Waals surface area contributed by atoms with Crippen LogP contribution in [0.25, 0.3) is 0 Å². The average molecular weight is 277 g/mol. The number of carbonyl (C=O) groups excluding carboxylic acids is 1. The van der Waals surface area contributed by atoms with E-state index >= 15 is 0 Å². The summed E-state index contributed by atoms with van der Waals surface area (Å²) in [6.45, 7) is 2.00. The van der Waals surface area contributed by atoms with Gasteiger partial charge in [-0.05, 0) is 18.4 Å². The van der Waals surface area contributed by atoms with Crippen LogP contribution in [0.2, 0.25) is 0 Å². The van der Waals surface area contributed by atoms with E-state index in [0.717, 1.165) is 31.5 Å². The fraction of sp³-hybridized carbons (Fsp3) is 0.533. The molecule has 1 saturated heterocycles. The molecule has 1 heterocycles. The Bertz CT molecular complexity index is 416. The van der Waals surface area contributed by atoms with E-state index in [1.807, 2.05) is 30.3 Å². The molecular formula is C15H23N3O2. The van der Waals surface area contributed by atoms with Crippen LogP contribution in [0.4, 0.5) is 0 Å². The van der Waals surface area contributed by atoms with Crippen molar-refractivity contribution in [3.8, 4) is 0 Å². The Kier molecular flexibility index (Phi) is 5.52. The van der Waals surface area contributed by atoms with Gasteiger partial charge in [0.25, 0.3) is 0 Å². The highest BCUT2D eigenvalue weighted by molar-refractivity contribution is 5.78. The summed E-state index contributed by atoms with van der Waals surface area (Å²) in [5, 5.41) is 12.3. The minimum absolute atomic E-state index is 0.0524. The molecule has 0 aromatic heterocycles. The van der Waals surface area contributed by atoms with Crippen molar-refractivity contribution in [1.29, 1.82) is 0 Å². The van der Waals surface area contributed by atoms with Crippen LogP contribution >= 0.6 is 0 Å². The maximum Gasteiger partial charge on any atom is 0.234 e. The maximum atomic E-state index is 12.0. The highest BCUT2D eigenvalue weighted by Crippen LogP contribution is 2.12. The van der Waals surface area contributed by atoms with Gasteiger partial charge in [-0.25, -0.2) is 0 Å². The lowest BCUT2D eigenvalue weighted by Crippen LogP contribution is -2.45. The van der Waals surface area contributed by atoms with Crippen molar-refractivity contribution in [3.63, 3.8) is 0 Å². The highest BCUT2D eigenvalue weighted by atomic mass is 16.3. The molecule has 0 radical (unpaired) electrons. The van der Waals surface area contributed by atoms with Crippen LogP contribution < -0.4 is 11.1 Å². The number of hydrogen-bond acceptors (Lipinski definition) is 4. The number of nitrogens with one attached hydrogen (secondary N) is 1. The molecule has 2 rings (SSSR count). The Hall–Kier alpha value is -1.43. The number of rotatable bonds is 5. The smallest absolute Gasteiger partial charge is 0.234 e. The number of hydrogen-bond donors (Lipinski definition) is 3. The lowest BCUT2D eigenvalue weighted by atomic mass is 10.1. The fourth-order valence-corrected chi connectivity index (χ4v) is 2.47. The molecule has 4 N–H and O–H groups in total. The van der Waals surface area contributed by atoms with E-state index in [2.05, 4.69) is 10.2 Å². The topological polar surface area (TPSA) is 78.6 Å². The number of benzene rings is 1. The van der Waals surface area contributed by atoms with Crippen molar-refractivity contribution in [2.75, 3.05) is 26.2 Å². The van der Waals surface area contributed by atoms with Crippen LogP contribution in [0.3, 0.4) is 0 Å². The van der Waals surface area contributed by atoms with Gasteiger partial charge in [0.1, 0.15) is 0 Å². The lowest BCUT2D eigenvalue weighted by Gasteiger charge is -2.30. The minimum atomic E-state index is -0.337. The number of piperidine rings is 1. The van der Waals surface area contributed by atoms with Crippen LogP contribution in [-0.2, 0) is 4.79 Å². The quantitative estimate of drug-likeness (QED) is 0.721.